The summed E-state index contributed by atoms with van der Waals surface area (Å²) in [7, 11) is 5.98. The van der Waals surface area contributed by atoms with Gasteiger partial charge in [-0.25, -0.2) is 4.79 Å². The highest BCUT2D eigenvalue weighted by atomic mass is 16.7. The summed E-state index contributed by atoms with van der Waals surface area (Å²) < 4.78 is 22.9. The van der Waals surface area contributed by atoms with Crippen LogP contribution < -0.4 is 0 Å². The van der Waals surface area contributed by atoms with Crippen LogP contribution in [0.25, 0.3) is 0 Å². The SMILES string of the molecule is CCCCC/C=C\C/C=C\CCCCCCCCCCCC(=O)OC(COC(=O)CCCCCCCCCCCCCCCCCCCCC/C=C\CCCCCCCCCC)COC(OCC[N+](C)(C)C)C(=O)O. The zero-order valence-corrected chi connectivity index (χ0v) is 50.2. The molecule has 0 heterocycles. The molecule has 0 amide bonds. The Labute approximate surface area is 464 Å². The molecule has 9 heteroatoms. The zero-order valence-electron chi connectivity index (χ0n) is 50.2. The number of carboxylic acid groups (broad SMARTS) is 1. The van der Waals surface area contributed by atoms with E-state index in [4.69, 9.17) is 18.9 Å². The van der Waals surface area contributed by atoms with Crippen LogP contribution in [0.15, 0.2) is 36.5 Å². The van der Waals surface area contributed by atoms with Gasteiger partial charge in [0.2, 0.25) is 0 Å². The van der Waals surface area contributed by atoms with Crippen molar-refractivity contribution in [3.63, 3.8) is 0 Å². The first-order valence-electron chi connectivity index (χ1n) is 32.2. The normalized spacial score (nSPS) is 12.9. The minimum absolute atomic E-state index is 0.180. The second-order valence-electron chi connectivity index (χ2n) is 23.1. The summed E-state index contributed by atoms with van der Waals surface area (Å²) in [6.07, 6.45) is 68.2. The van der Waals surface area contributed by atoms with Crippen molar-refractivity contribution in [1.82, 2.24) is 0 Å². The fraction of sp³-hybridized carbons (Fsp3) is 0.864. The molecular weight excluding hydrogens is 935 g/mol. The Morgan fingerprint density at radius 2 is 0.720 bits per heavy atom. The largest absolute Gasteiger partial charge is 0.477 e. The van der Waals surface area contributed by atoms with Crippen molar-refractivity contribution >= 4 is 17.9 Å². The second-order valence-corrected chi connectivity index (χ2v) is 23.1. The van der Waals surface area contributed by atoms with Crippen molar-refractivity contribution in [2.45, 2.75) is 322 Å². The van der Waals surface area contributed by atoms with E-state index in [1.165, 1.54) is 231 Å². The van der Waals surface area contributed by atoms with Crippen molar-refractivity contribution in [2.75, 3.05) is 47.5 Å². The number of carbonyl (C=O) groups is 3. The summed E-state index contributed by atoms with van der Waals surface area (Å²) >= 11 is 0. The van der Waals surface area contributed by atoms with Gasteiger partial charge in [-0.1, -0.05) is 262 Å². The van der Waals surface area contributed by atoms with E-state index in [0.29, 0.717) is 17.4 Å². The molecule has 0 aromatic rings. The van der Waals surface area contributed by atoms with Gasteiger partial charge in [-0.15, -0.1) is 0 Å². The maximum absolute atomic E-state index is 12.9. The lowest BCUT2D eigenvalue weighted by Gasteiger charge is -2.25. The lowest BCUT2D eigenvalue weighted by atomic mass is 10.0. The average molecular weight is 1060 g/mol. The van der Waals surface area contributed by atoms with Gasteiger partial charge in [0.05, 0.1) is 34.4 Å². The number of likely N-dealkylation sites (N-methyl/N-ethyl adjacent to an activating group) is 1. The molecule has 0 aromatic heterocycles. The first kappa shape index (κ1) is 72.5. The number of hydrogen-bond acceptors (Lipinski definition) is 7. The quantitative estimate of drug-likeness (QED) is 0.0211. The van der Waals surface area contributed by atoms with E-state index in [1.54, 1.807) is 0 Å². The Hall–Kier alpha value is -2.49. The number of hydrogen-bond donors (Lipinski definition) is 1. The minimum atomic E-state index is -1.51. The van der Waals surface area contributed by atoms with Crippen LogP contribution in [0, 0.1) is 0 Å². The van der Waals surface area contributed by atoms with E-state index in [0.717, 1.165) is 51.4 Å². The number of nitrogens with zero attached hydrogens (tertiary/aromatic N) is 1. The van der Waals surface area contributed by atoms with E-state index in [2.05, 4.69) is 50.3 Å². The van der Waals surface area contributed by atoms with Gasteiger partial charge in [-0.2, -0.15) is 0 Å². The Bertz CT molecular complexity index is 1320. The number of aliphatic carboxylic acids is 1. The molecule has 0 saturated carbocycles. The molecule has 0 spiro atoms. The van der Waals surface area contributed by atoms with Gasteiger partial charge in [-0.3, -0.25) is 9.59 Å². The highest BCUT2D eigenvalue weighted by molar-refractivity contribution is 5.71. The smallest absolute Gasteiger partial charge is 0.361 e. The summed E-state index contributed by atoms with van der Waals surface area (Å²) in [6, 6.07) is 0. The lowest BCUT2D eigenvalue weighted by molar-refractivity contribution is -0.870. The van der Waals surface area contributed by atoms with Crippen LogP contribution in [0.2, 0.25) is 0 Å². The monoisotopic (exact) mass is 1060 g/mol. The third kappa shape index (κ3) is 59.0. The number of unbranched alkanes of at least 4 members (excludes halogenated alkanes) is 39. The third-order valence-corrected chi connectivity index (χ3v) is 14.4. The van der Waals surface area contributed by atoms with Gasteiger partial charge in [0.25, 0.3) is 6.29 Å². The molecule has 0 aromatic carbocycles. The highest BCUT2D eigenvalue weighted by Gasteiger charge is 2.25. The predicted octanol–water partition coefficient (Wildman–Crippen LogP) is 19.2. The van der Waals surface area contributed by atoms with Crippen LogP contribution in [-0.4, -0.2) is 87.4 Å². The molecule has 440 valence electrons. The Balaban J connectivity index is 4.08. The van der Waals surface area contributed by atoms with Crippen molar-refractivity contribution in [3.8, 4) is 0 Å². The fourth-order valence-electron chi connectivity index (χ4n) is 9.39. The van der Waals surface area contributed by atoms with Crippen LogP contribution in [0.3, 0.4) is 0 Å². The highest BCUT2D eigenvalue weighted by Crippen LogP contribution is 2.18. The molecule has 2 atom stereocenters. The Morgan fingerprint density at radius 3 is 1.09 bits per heavy atom. The van der Waals surface area contributed by atoms with E-state index in [-0.39, 0.29) is 32.2 Å². The van der Waals surface area contributed by atoms with E-state index >= 15 is 0 Å². The van der Waals surface area contributed by atoms with Crippen LogP contribution in [0.4, 0.5) is 0 Å². The molecule has 0 fully saturated rings. The molecule has 2 unspecified atom stereocenters. The van der Waals surface area contributed by atoms with Gasteiger partial charge in [-0.05, 0) is 70.6 Å². The Morgan fingerprint density at radius 1 is 0.400 bits per heavy atom. The average Bonchev–Trinajstić information content (AvgIpc) is 3.38. The maximum atomic E-state index is 12.9. The number of allylic oxidation sites excluding steroid dienone is 6. The molecule has 75 heavy (non-hydrogen) atoms. The lowest BCUT2D eigenvalue weighted by Crippen LogP contribution is -2.40. The molecule has 0 aliphatic heterocycles. The molecule has 0 saturated heterocycles. The van der Waals surface area contributed by atoms with Crippen LogP contribution in [-0.2, 0) is 33.3 Å². The van der Waals surface area contributed by atoms with Gasteiger partial charge < -0.3 is 28.5 Å². The van der Waals surface area contributed by atoms with Crippen LogP contribution in [0.5, 0.6) is 0 Å². The van der Waals surface area contributed by atoms with E-state index in [1.807, 2.05) is 21.1 Å². The second kappa shape index (κ2) is 57.7. The number of ether oxygens (including phenoxy) is 4. The van der Waals surface area contributed by atoms with Crippen LogP contribution in [0.1, 0.15) is 309 Å². The van der Waals surface area contributed by atoms with E-state index in [9.17, 15) is 19.5 Å². The van der Waals surface area contributed by atoms with Gasteiger partial charge in [0.15, 0.2) is 6.10 Å². The minimum Gasteiger partial charge on any atom is -0.477 e. The van der Waals surface area contributed by atoms with Gasteiger partial charge >= 0.3 is 17.9 Å². The topological polar surface area (TPSA) is 108 Å². The standard InChI is InChI=1S/C66H123NO8/c1-6-8-10-12-14-16-18-20-22-24-26-27-28-29-30-31-32-33-34-35-36-37-39-40-42-44-46-48-50-52-54-56-63(68)73-60-62(61-74-66(65(70)71)72-59-58-67(3,4)5)75-64(69)57-55-53-51-49-47-45-43-41-38-25-23-21-19-17-15-13-11-9-7-2/h15,17,21,23-24,26,62,66H,6-14,16,18-20,22,25,27-61H2,1-5H3/p+1/b17-15-,23-21-,26-24-. The maximum Gasteiger partial charge on any atom is 0.361 e. The first-order valence-corrected chi connectivity index (χ1v) is 32.2. The first-order chi connectivity index (χ1) is 36.6. The number of quaternary nitrogens is 1. The number of esters is 2. The van der Waals surface area contributed by atoms with Crippen molar-refractivity contribution < 1.29 is 42.9 Å². The number of carboxylic acids is 1. The zero-order chi connectivity index (χ0) is 54.8. The Kier molecular flexibility index (Phi) is 55.8. The van der Waals surface area contributed by atoms with Crippen molar-refractivity contribution in [1.29, 1.82) is 0 Å². The summed E-state index contributed by atoms with van der Waals surface area (Å²) in [4.78, 5) is 37.5. The molecule has 9 nitrogen and oxygen atoms in total. The number of rotatable bonds is 60. The molecule has 0 aliphatic carbocycles. The van der Waals surface area contributed by atoms with E-state index < -0.39 is 24.3 Å². The summed E-state index contributed by atoms with van der Waals surface area (Å²) in [5, 5.41) is 9.72. The fourth-order valence-corrected chi connectivity index (χ4v) is 9.39. The van der Waals surface area contributed by atoms with Gasteiger partial charge in [0.1, 0.15) is 13.2 Å². The third-order valence-electron chi connectivity index (χ3n) is 14.4. The molecule has 0 rings (SSSR count). The molecule has 0 radical (unpaired) electrons. The summed E-state index contributed by atoms with van der Waals surface area (Å²) in [5.74, 6) is -1.99. The summed E-state index contributed by atoms with van der Waals surface area (Å²) in [5.41, 5.74) is 0. The molecule has 0 aliphatic rings. The molecule has 1 N–H and O–H groups in total. The predicted molar refractivity (Wildman–Crippen MR) is 318 cm³/mol. The van der Waals surface area contributed by atoms with Crippen LogP contribution >= 0.6 is 0 Å². The van der Waals surface area contributed by atoms with Crippen molar-refractivity contribution in [3.05, 3.63) is 36.5 Å². The van der Waals surface area contributed by atoms with Crippen molar-refractivity contribution in [2.24, 2.45) is 0 Å². The van der Waals surface area contributed by atoms with Gasteiger partial charge in [0, 0.05) is 12.8 Å². The number of carbonyl (C=O) groups excluding carboxylic acids is 2. The summed E-state index contributed by atoms with van der Waals surface area (Å²) in [6.45, 7) is 4.89. The molecular formula is C66H124NO8+. The molecule has 0 bridgehead atoms.